The molecule has 26 heavy (non-hydrogen) atoms. The van der Waals surface area contributed by atoms with E-state index >= 15 is 0 Å². The fourth-order valence-corrected chi connectivity index (χ4v) is 4.58. The number of rotatable bonds is 8. The monoisotopic (exact) mass is 378 g/mol. The molecule has 7 nitrogen and oxygen atoms in total. The van der Waals surface area contributed by atoms with Gasteiger partial charge in [-0.05, 0) is 43.5 Å². The van der Waals surface area contributed by atoms with Crippen molar-refractivity contribution < 1.29 is 13.2 Å². The molecule has 1 aromatic rings. The first kappa shape index (κ1) is 20.0. The lowest BCUT2D eigenvalue weighted by atomic mass is 10.1. The molecule has 2 N–H and O–H groups in total. The van der Waals surface area contributed by atoms with Crippen molar-refractivity contribution in [1.29, 1.82) is 5.41 Å². The summed E-state index contributed by atoms with van der Waals surface area (Å²) in [6.45, 7) is 8.87. The van der Waals surface area contributed by atoms with Crippen molar-refractivity contribution in [1.82, 2.24) is 14.5 Å². The minimum absolute atomic E-state index is 0.0376. The Labute approximate surface area is 155 Å². The van der Waals surface area contributed by atoms with E-state index in [2.05, 4.69) is 11.9 Å². The van der Waals surface area contributed by atoms with Gasteiger partial charge in [-0.1, -0.05) is 25.6 Å². The maximum atomic E-state index is 12.9. The van der Waals surface area contributed by atoms with Gasteiger partial charge in [0.15, 0.2) is 0 Å². The summed E-state index contributed by atoms with van der Waals surface area (Å²) in [5.74, 6) is -0.196. The summed E-state index contributed by atoms with van der Waals surface area (Å²) in [4.78, 5) is 13.1. The highest BCUT2D eigenvalue weighted by molar-refractivity contribution is 7.89. The number of nitrogens with zero attached hydrogens (tertiary/aromatic N) is 2. The molecule has 1 atom stereocenters. The lowest BCUT2D eigenvalue weighted by molar-refractivity contribution is -0.116. The number of nitrogens with one attached hydrogen (secondary N) is 2. The quantitative estimate of drug-likeness (QED) is 0.672. The van der Waals surface area contributed by atoms with Gasteiger partial charge in [0, 0.05) is 19.6 Å². The minimum Gasteiger partial charge on any atom is -0.352 e. The number of sulfonamides is 1. The number of benzene rings is 1. The normalized spacial score (nSPS) is 17.5. The van der Waals surface area contributed by atoms with Crippen molar-refractivity contribution >= 4 is 21.9 Å². The predicted molar refractivity (Wildman–Crippen MR) is 101 cm³/mol. The van der Waals surface area contributed by atoms with Crippen LogP contribution < -0.4 is 5.32 Å². The highest BCUT2D eigenvalue weighted by Crippen LogP contribution is 2.25. The molecule has 0 spiro atoms. The lowest BCUT2D eigenvalue weighted by Gasteiger charge is -2.23. The Kier molecular flexibility index (Phi) is 6.42. The molecule has 8 heteroatoms. The highest BCUT2D eigenvalue weighted by atomic mass is 32.2. The van der Waals surface area contributed by atoms with E-state index in [1.54, 1.807) is 29.2 Å². The molecule has 1 aliphatic rings. The average Bonchev–Trinajstić information content (AvgIpc) is 2.89. The third-order valence-corrected chi connectivity index (χ3v) is 6.18. The Balaban J connectivity index is 2.10. The number of hydrogen-bond donors (Lipinski definition) is 2. The summed E-state index contributed by atoms with van der Waals surface area (Å²) in [5, 5.41) is 10.9. The third-order valence-electron chi connectivity index (χ3n) is 4.27. The van der Waals surface area contributed by atoms with Crippen LogP contribution in [-0.4, -0.2) is 55.2 Å². The molecule has 1 unspecified atom stereocenters. The largest absolute Gasteiger partial charge is 0.352 e. The number of amides is 1. The van der Waals surface area contributed by atoms with Gasteiger partial charge in [0.05, 0.1) is 10.9 Å². The fraction of sp³-hybridized carbons (Fsp3) is 0.444. The average molecular weight is 378 g/mol. The highest BCUT2D eigenvalue weighted by Gasteiger charge is 2.39. The smallest absolute Gasteiger partial charge is 0.266 e. The van der Waals surface area contributed by atoms with Crippen LogP contribution in [0, 0.1) is 5.41 Å². The number of guanidine groups is 1. The molecule has 0 saturated carbocycles. The van der Waals surface area contributed by atoms with Crippen molar-refractivity contribution in [3.63, 3.8) is 0 Å². The molecular formula is C18H26N4O3S. The van der Waals surface area contributed by atoms with Crippen LogP contribution in [0.25, 0.3) is 0 Å². The van der Waals surface area contributed by atoms with Gasteiger partial charge in [-0.2, -0.15) is 0 Å². The topological polar surface area (TPSA) is 93.6 Å². The van der Waals surface area contributed by atoms with Gasteiger partial charge < -0.3 is 10.2 Å². The molecule has 2 rings (SSSR count). The van der Waals surface area contributed by atoms with E-state index in [4.69, 9.17) is 5.41 Å². The second kappa shape index (κ2) is 8.35. The van der Waals surface area contributed by atoms with Gasteiger partial charge in [0.25, 0.3) is 10.0 Å². The van der Waals surface area contributed by atoms with Crippen LogP contribution >= 0.6 is 0 Å². The van der Waals surface area contributed by atoms with Crippen LogP contribution in [0.15, 0.2) is 41.8 Å². The molecule has 0 aromatic heterocycles. The number of carbonyl (C=O) groups is 1. The van der Waals surface area contributed by atoms with Crippen LogP contribution in [-0.2, 0) is 21.2 Å². The van der Waals surface area contributed by atoms with Crippen LogP contribution in [0.4, 0.5) is 0 Å². The van der Waals surface area contributed by atoms with Gasteiger partial charge in [-0.3, -0.25) is 10.2 Å². The first-order valence-electron chi connectivity index (χ1n) is 8.68. The molecule has 1 saturated heterocycles. The Hall–Kier alpha value is -2.35. The molecule has 0 aliphatic carbocycles. The molecule has 0 radical (unpaired) electrons. The predicted octanol–water partition coefficient (Wildman–Crippen LogP) is 1.57. The molecule has 1 fully saturated rings. The van der Waals surface area contributed by atoms with E-state index in [1.165, 1.54) is 10.4 Å². The van der Waals surface area contributed by atoms with Crippen molar-refractivity contribution in [3.05, 3.63) is 42.5 Å². The molecule has 1 heterocycles. The second-order valence-electron chi connectivity index (χ2n) is 6.31. The lowest BCUT2D eigenvalue weighted by Crippen LogP contribution is -2.39. The maximum absolute atomic E-state index is 12.9. The van der Waals surface area contributed by atoms with E-state index in [1.807, 2.05) is 13.8 Å². The van der Waals surface area contributed by atoms with E-state index in [9.17, 15) is 13.2 Å². The zero-order chi connectivity index (χ0) is 19.3. The van der Waals surface area contributed by atoms with Gasteiger partial charge in [-0.25, -0.2) is 12.7 Å². The second-order valence-corrected chi connectivity index (χ2v) is 8.12. The summed E-state index contributed by atoms with van der Waals surface area (Å²) in [7, 11) is -3.76. The molecule has 1 aromatic carbocycles. The zero-order valence-corrected chi connectivity index (χ0v) is 16.1. The van der Waals surface area contributed by atoms with Crippen molar-refractivity contribution in [2.24, 2.45) is 0 Å². The molecule has 1 aliphatic heterocycles. The van der Waals surface area contributed by atoms with E-state index < -0.39 is 10.0 Å². The van der Waals surface area contributed by atoms with E-state index in [0.29, 0.717) is 26.1 Å². The summed E-state index contributed by atoms with van der Waals surface area (Å²) >= 11 is 0. The van der Waals surface area contributed by atoms with Crippen molar-refractivity contribution in [2.45, 2.75) is 37.6 Å². The van der Waals surface area contributed by atoms with Gasteiger partial charge in [-0.15, -0.1) is 0 Å². The van der Waals surface area contributed by atoms with Crippen LogP contribution in [0.2, 0.25) is 0 Å². The number of hydrogen-bond acceptors (Lipinski definition) is 4. The molecular weight excluding hydrogens is 352 g/mol. The Morgan fingerprint density at radius 1 is 1.38 bits per heavy atom. The first-order valence-corrected chi connectivity index (χ1v) is 10.1. The Bertz CT molecular complexity index is 774. The van der Waals surface area contributed by atoms with Crippen molar-refractivity contribution in [3.8, 4) is 0 Å². The Morgan fingerprint density at radius 2 is 2.04 bits per heavy atom. The first-order chi connectivity index (χ1) is 12.3. The molecule has 1 amide bonds. The zero-order valence-electron chi connectivity index (χ0n) is 15.2. The minimum atomic E-state index is -3.76. The summed E-state index contributed by atoms with van der Waals surface area (Å²) in [6.07, 6.45) is 2.67. The SMILES string of the molecule is C=CC(=O)NCCc1ccc(S(=O)(=O)N2C(=N)N(CCC)CC2C)cc1. The molecule has 0 bridgehead atoms. The van der Waals surface area contributed by atoms with Gasteiger partial charge in [0.1, 0.15) is 0 Å². The van der Waals surface area contributed by atoms with Crippen LogP contribution in [0.3, 0.4) is 0 Å². The van der Waals surface area contributed by atoms with Crippen molar-refractivity contribution in [2.75, 3.05) is 19.6 Å². The summed E-state index contributed by atoms with van der Waals surface area (Å²) in [6, 6.07) is 6.32. The standard InChI is InChI=1S/C18H26N4O3S/c1-4-12-21-13-14(3)22(18(21)19)26(24,25)16-8-6-15(7-9-16)10-11-20-17(23)5-2/h5-9,14,19H,2,4,10-13H2,1,3H3,(H,20,23). The summed E-state index contributed by atoms with van der Waals surface area (Å²) in [5.41, 5.74) is 0.922. The van der Waals surface area contributed by atoms with Gasteiger partial charge >= 0.3 is 0 Å². The number of carbonyl (C=O) groups excluding carboxylic acids is 1. The Morgan fingerprint density at radius 3 is 2.62 bits per heavy atom. The summed E-state index contributed by atoms with van der Waals surface area (Å²) < 4.78 is 27.1. The van der Waals surface area contributed by atoms with Crippen LogP contribution in [0.5, 0.6) is 0 Å². The van der Waals surface area contributed by atoms with Crippen LogP contribution in [0.1, 0.15) is 25.8 Å². The maximum Gasteiger partial charge on any atom is 0.266 e. The van der Waals surface area contributed by atoms with E-state index in [-0.39, 0.29) is 22.8 Å². The third kappa shape index (κ3) is 4.24. The fourth-order valence-electron chi connectivity index (χ4n) is 2.99. The van der Waals surface area contributed by atoms with E-state index in [0.717, 1.165) is 12.0 Å². The van der Waals surface area contributed by atoms with Gasteiger partial charge in [0.2, 0.25) is 11.9 Å². The molecule has 142 valence electrons.